The Balaban J connectivity index is 2.47. The van der Waals surface area contributed by atoms with Crippen molar-refractivity contribution in [3.8, 4) is 11.5 Å². The first kappa shape index (κ1) is 12.6. The van der Waals surface area contributed by atoms with Gasteiger partial charge in [-0.25, -0.2) is 0 Å². The zero-order chi connectivity index (χ0) is 13.3. The van der Waals surface area contributed by atoms with E-state index in [2.05, 4.69) is 10.1 Å². The maximum atomic E-state index is 12.3. The average Bonchev–Trinajstić information content (AvgIpc) is 2.31. The predicted octanol–water partition coefficient (Wildman–Crippen LogP) is 2.57. The highest BCUT2D eigenvalue weighted by molar-refractivity contribution is 5.99. The standard InChI is InChI=1S/C12H13F2NO3/c1-3-7-4-5-8(18-12(13)14)10-9(7)15-11(16)6(2)17-10/h4-6,12H,3H2,1-2H3,(H,15,16). The summed E-state index contributed by atoms with van der Waals surface area (Å²) in [7, 11) is 0. The van der Waals surface area contributed by atoms with Crippen molar-refractivity contribution in [2.45, 2.75) is 33.0 Å². The number of halogens is 2. The van der Waals surface area contributed by atoms with E-state index in [0.29, 0.717) is 12.1 Å². The van der Waals surface area contributed by atoms with Gasteiger partial charge in [-0.15, -0.1) is 0 Å². The topological polar surface area (TPSA) is 47.6 Å². The van der Waals surface area contributed by atoms with Gasteiger partial charge in [0.05, 0.1) is 5.69 Å². The van der Waals surface area contributed by atoms with E-state index >= 15 is 0 Å². The van der Waals surface area contributed by atoms with Gasteiger partial charge >= 0.3 is 6.61 Å². The second kappa shape index (κ2) is 4.80. The number of carbonyl (C=O) groups excluding carboxylic acids is 1. The fourth-order valence-corrected chi connectivity index (χ4v) is 1.80. The smallest absolute Gasteiger partial charge is 0.387 e. The van der Waals surface area contributed by atoms with Crippen LogP contribution in [0.3, 0.4) is 0 Å². The summed E-state index contributed by atoms with van der Waals surface area (Å²) >= 11 is 0. The van der Waals surface area contributed by atoms with E-state index in [0.717, 1.165) is 5.56 Å². The summed E-state index contributed by atoms with van der Waals surface area (Å²) in [4.78, 5) is 11.5. The Hall–Kier alpha value is -1.85. The molecule has 0 saturated carbocycles. The summed E-state index contributed by atoms with van der Waals surface area (Å²) in [5, 5.41) is 2.65. The molecule has 0 aromatic heterocycles. The summed E-state index contributed by atoms with van der Waals surface area (Å²) < 4.78 is 34.3. The van der Waals surface area contributed by atoms with Crippen LogP contribution in [0.4, 0.5) is 14.5 Å². The summed E-state index contributed by atoms with van der Waals surface area (Å²) in [6.07, 6.45) is -0.0837. The third kappa shape index (κ3) is 2.23. The lowest BCUT2D eigenvalue weighted by atomic mass is 10.1. The molecule has 6 heteroatoms. The monoisotopic (exact) mass is 257 g/mol. The van der Waals surface area contributed by atoms with Gasteiger partial charge in [0, 0.05) is 0 Å². The van der Waals surface area contributed by atoms with Gasteiger partial charge in [-0.3, -0.25) is 4.79 Å². The lowest BCUT2D eigenvalue weighted by Gasteiger charge is -2.26. The van der Waals surface area contributed by atoms with Crippen molar-refractivity contribution in [1.82, 2.24) is 0 Å². The quantitative estimate of drug-likeness (QED) is 0.905. The first-order valence-electron chi connectivity index (χ1n) is 5.61. The number of amides is 1. The number of hydrogen-bond acceptors (Lipinski definition) is 3. The molecular weight excluding hydrogens is 244 g/mol. The number of nitrogens with one attached hydrogen (secondary N) is 1. The van der Waals surface area contributed by atoms with Gasteiger partial charge in [-0.05, 0) is 25.0 Å². The normalized spacial score (nSPS) is 18.1. The van der Waals surface area contributed by atoms with E-state index in [1.54, 1.807) is 13.0 Å². The highest BCUT2D eigenvalue weighted by Gasteiger charge is 2.29. The summed E-state index contributed by atoms with van der Waals surface area (Å²) in [5.41, 5.74) is 1.23. The number of fused-ring (bicyclic) bond motifs is 1. The summed E-state index contributed by atoms with van der Waals surface area (Å²) in [6, 6.07) is 3.06. The number of rotatable bonds is 3. The van der Waals surface area contributed by atoms with E-state index < -0.39 is 12.7 Å². The highest BCUT2D eigenvalue weighted by atomic mass is 19.3. The Morgan fingerprint density at radius 3 is 2.83 bits per heavy atom. The van der Waals surface area contributed by atoms with Crippen LogP contribution in [0.5, 0.6) is 11.5 Å². The zero-order valence-corrected chi connectivity index (χ0v) is 10.00. The molecule has 0 spiro atoms. The van der Waals surface area contributed by atoms with Gasteiger partial charge in [0.25, 0.3) is 5.91 Å². The van der Waals surface area contributed by atoms with Crippen molar-refractivity contribution in [3.63, 3.8) is 0 Å². The van der Waals surface area contributed by atoms with Crippen LogP contribution in [0.25, 0.3) is 0 Å². The van der Waals surface area contributed by atoms with E-state index in [4.69, 9.17) is 4.74 Å². The molecule has 1 aliphatic rings. The SMILES string of the molecule is CCc1ccc(OC(F)F)c2c1NC(=O)C(C)O2. The molecule has 0 aliphatic carbocycles. The first-order valence-corrected chi connectivity index (χ1v) is 5.61. The summed E-state index contributed by atoms with van der Waals surface area (Å²) in [6.45, 7) is 0.509. The Bertz CT molecular complexity index is 477. The lowest BCUT2D eigenvalue weighted by Crippen LogP contribution is -2.35. The largest absolute Gasteiger partial charge is 0.475 e. The molecule has 98 valence electrons. The molecule has 0 fully saturated rings. The number of carbonyl (C=O) groups is 1. The predicted molar refractivity (Wildman–Crippen MR) is 61.2 cm³/mol. The van der Waals surface area contributed by atoms with E-state index in [1.165, 1.54) is 6.07 Å². The third-order valence-corrected chi connectivity index (χ3v) is 2.72. The maximum Gasteiger partial charge on any atom is 0.387 e. The van der Waals surface area contributed by atoms with Crippen molar-refractivity contribution >= 4 is 11.6 Å². The number of alkyl halides is 2. The molecule has 18 heavy (non-hydrogen) atoms. The number of benzene rings is 1. The van der Waals surface area contributed by atoms with Gasteiger partial charge in [-0.2, -0.15) is 8.78 Å². The Morgan fingerprint density at radius 1 is 1.50 bits per heavy atom. The van der Waals surface area contributed by atoms with Crippen molar-refractivity contribution in [2.24, 2.45) is 0 Å². The van der Waals surface area contributed by atoms with Crippen LogP contribution < -0.4 is 14.8 Å². The molecule has 1 heterocycles. The maximum absolute atomic E-state index is 12.3. The van der Waals surface area contributed by atoms with Crippen LogP contribution in [-0.2, 0) is 11.2 Å². The van der Waals surface area contributed by atoms with Crippen LogP contribution in [0.15, 0.2) is 12.1 Å². The number of ether oxygens (including phenoxy) is 2. The minimum absolute atomic E-state index is 0.0657. The van der Waals surface area contributed by atoms with Crippen LogP contribution in [0, 0.1) is 0 Å². The van der Waals surface area contributed by atoms with Gasteiger partial charge in [0.2, 0.25) is 0 Å². The van der Waals surface area contributed by atoms with Gasteiger partial charge in [0.1, 0.15) is 0 Å². The van der Waals surface area contributed by atoms with Gasteiger partial charge in [-0.1, -0.05) is 13.0 Å². The molecule has 1 aromatic rings. The van der Waals surface area contributed by atoms with Crippen molar-refractivity contribution < 1.29 is 23.0 Å². The summed E-state index contributed by atoms with van der Waals surface area (Å²) in [5.74, 6) is -0.197. The van der Waals surface area contributed by atoms with E-state index in [9.17, 15) is 13.6 Å². The van der Waals surface area contributed by atoms with E-state index in [1.807, 2.05) is 6.92 Å². The third-order valence-electron chi connectivity index (χ3n) is 2.72. The molecule has 1 unspecified atom stereocenters. The lowest BCUT2D eigenvalue weighted by molar-refractivity contribution is -0.122. The number of aryl methyl sites for hydroxylation is 1. The number of anilines is 1. The molecule has 2 rings (SSSR count). The Kier molecular flexibility index (Phi) is 3.36. The van der Waals surface area contributed by atoms with Crippen molar-refractivity contribution in [3.05, 3.63) is 17.7 Å². The molecule has 0 saturated heterocycles. The fourth-order valence-electron chi connectivity index (χ4n) is 1.80. The van der Waals surface area contributed by atoms with Crippen molar-refractivity contribution in [2.75, 3.05) is 5.32 Å². The Morgan fingerprint density at radius 2 is 2.22 bits per heavy atom. The van der Waals surface area contributed by atoms with Crippen molar-refractivity contribution in [1.29, 1.82) is 0 Å². The average molecular weight is 257 g/mol. The molecular formula is C12H13F2NO3. The molecule has 1 aromatic carbocycles. The molecule has 1 N–H and O–H groups in total. The van der Waals surface area contributed by atoms with Crippen LogP contribution >= 0.6 is 0 Å². The van der Waals surface area contributed by atoms with Crippen LogP contribution in [0.2, 0.25) is 0 Å². The second-order valence-electron chi connectivity index (χ2n) is 3.91. The first-order chi connectivity index (χ1) is 8.52. The molecule has 1 aliphatic heterocycles. The molecule has 0 bridgehead atoms. The minimum atomic E-state index is -2.93. The molecule has 1 amide bonds. The van der Waals surface area contributed by atoms with Crippen LogP contribution in [0.1, 0.15) is 19.4 Å². The van der Waals surface area contributed by atoms with Gasteiger partial charge < -0.3 is 14.8 Å². The second-order valence-corrected chi connectivity index (χ2v) is 3.91. The van der Waals surface area contributed by atoms with Gasteiger partial charge in [0.15, 0.2) is 17.6 Å². The fraction of sp³-hybridized carbons (Fsp3) is 0.417. The zero-order valence-electron chi connectivity index (χ0n) is 10.00. The molecule has 0 radical (unpaired) electrons. The number of hydrogen-bond donors (Lipinski definition) is 1. The van der Waals surface area contributed by atoms with E-state index in [-0.39, 0.29) is 17.4 Å². The van der Waals surface area contributed by atoms with Crippen LogP contribution in [-0.4, -0.2) is 18.6 Å². The minimum Gasteiger partial charge on any atom is -0.475 e. The molecule has 1 atom stereocenters. The highest BCUT2D eigenvalue weighted by Crippen LogP contribution is 2.42. The Labute approximate surface area is 103 Å². The molecule has 4 nitrogen and oxygen atoms in total.